The number of rotatable bonds is 1. The first-order valence-electron chi connectivity index (χ1n) is 5.62. The Kier molecular flexibility index (Phi) is 2.33. The molecule has 17 heavy (non-hydrogen) atoms. The third kappa shape index (κ3) is 1.78. The summed E-state index contributed by atoms with van der Waals surface area (Å²) in [6.45, 7) is 2.08. The van der Waals surface area contributed by atoms with Gasteiger partial charge in [0.15, 0.2) is 5.82 Å². The third-order valence-corrected chi connectivity index (χ3v) is 2.88. The van der Waals surface area contributed by atoms with Crippen molar-refractivity contribution in [1.82, 2.24) is 9.97 Å². The second kappa shape index (κ2) is 3.98. The Morgan fingerprint density at radius 3 is 2.53 bits per heavy atom. The quantitative estimate of drug-likeness (QED) is 0.626. The molecule has 0 spiro atoms. The molecule has 0 saturated heterocycles. The van der Waals surface area contributed by atoms with Gasteiger partial charge in [-0.2, -0.15) is 0 Å². The van der Waals surface area contributed by atoms with E-state index < -0.39 is 0 Å². The number of hydrogen-bond acceptors (Lipinski definition) is 2. The van der Waals surface area contributed by atoms with E-state index in [1.807, 2.05) is 48.7 Å². The summed E-state index contributed by atoms with van der Waals surface area (Å²) in [5.74, 6) is 0.781. The Morgan fingerprint density at radius 1 is 0.882 bits per heavy atom. The van der Waals surface area contributed by atoms with E-state index >= 15 is 0 Å². The van der Waals surface area contributed by atoms with Crippen LogP contribution in [0.5, 0.6) is 0 Å². The minimum absolute atomic E-state index is 0.781. The van der Waals surface area contributed by atoms with E-state index in [2.05, 4.69) is 23.0 Å². The van der Waals surface area contributed by atoms with Gasteiger partial charge in [0.1, 0.15) is 0 Å². The van der Waals surface area contributed by atoms with Gasteiger partial charge in [0.05, 0.1) is 5.52 Å². The fourth-order valence-electron chi connectivity index (χ4n) is 1.93. The highest BCUT2D eigenvalue weighted by molar-refractivity contribution is 5.82. The summed E-state index contributed by atoms with van der Waals surface area (Å²) in [4.78, 5) is 9.02. The molecule has 0 aliphatic carbocycles. The van der Waals surface area contributed by atoms with E-state index in [9.17, 15) is 0 Å². The average Bonchev–Trinajstić information content (AvgIpc) is 2.40. The van der Waals surface area contributed by atoms with Gasteiger partial charge in [0, 0.05) is 17.1 Å². The number of nitrogens with zero attached hydrogens (tertiary/aromatic N) is 2. The minimum atomic E-state index is 0.781. The van der Waals surface area contributed by atoms with Crippen LogP contribution in [0, 0.1) is 6.92 Å². The molecule has 0 saturated carbocycles. The van der Waals surface area contributed by atoms with Crippen LogP contribution in [0.25, 0.3) is 22.3 Å². The van der Waals surface area contributed by atoms with E-state index in [1.54, 1.807) is 0 Å². The Balaban J connectivity index is 2.21. The van der Waals surface area contributed by atoms with Crippen LogP contribution in [0.3, 0.4) is 0 Å². The molecule has 82 valence electrons. The molecule has 2 aromatic carbocycles. The van der Waals surface area contributed by atoms with Gasteiger partial charge in [-0.25, -0.2) is 9.97 Å². The summed E-state index contributed by atoms with van der Waals surface area (Å²) >= 11 is 0. The predicted octanol–water partition coefficient (Wildman–Crippen LogP) is 3.61. The highest BCUT2D eigenvalue weighted by Gasteiger charge is 2.03. The molecule has 0 bridgehead atoms. The lowest BCUT2D eigenvalue weighted by molar-refractivity contribution is 1.22. The number of aromatic nitrogens is 2. The Morgan fingerprint density at radius 2 is 1.71 bits per heavy atom. The van der Waals surface area contributed by atoms with Crippen molar-refractivity contribution < 1.29 is 0 Å². The Labute approximate surface area is 100.0 Å². The molecule has 0 fully saturated rings. The normalized spacial score (nSPS) is 10.6. The summed E-state index contributed by atoms with van der Waals surface area (Å²) in [5, 5.41) is 1.12. The molecule has 1 aromatic heterocycles. The van der Waals surface area contributed by atoms with Crippen molar-refractivity contribution in [1.29, 1.82) is 0 Å². The van der Waals surface area contributed by atoms with Crippen molar-refractivity contribution in [2.24, 2.45) is 0 Å². The maximum absolute atomic E-state index is 4.60. The molecule has 0 atom stereocenters. The minimum Gasteiger partial charge on any atom is -0.236 e. The second-order valence-electron chi connectivity index (χ2n) is 4.07. The monoisotopic (exact) mass is 220 g/mol. The lowest BCUT2D eigenvalue weighted by Gasteiger charge is -2.03. The van der Waals surface area contributed by atoms with Gasteiger partial charge in [-0.05, 0) is 18.6 Å². The van der Waals surface area contributed by atoms with Crippen LogP contribution < -0.4 is 0 Å². The van der Waals surface area contributed by atoms with E-state index in [4.69, 9.17) is 0 Å². The number of fused-ring (bicyclic) bond motifs is 1. The Bertz CT molecular complexity index is 660. The summed E-state index contributed by atoms with van der Waals surface area (Å²) < 4.78 is 0. The zero-order valence-electron chi connectivity index (χ0n) is 9.59. The highest BCUT2D eigenvalue weighted by Crippen LogP contribution is 2.19. The van der Waals surface area contributed by atoms with Gasteiger partial charge in [-0.15, -0.1) is 0 Å². The summed E-state index contributed by atoms with van der Waals surface area (Å²) in [6.07, 6.45) is 1.90. The fourth-order valence-corrected chi connectivity index (χ4v) is 1.93. The predicted molar refractivity (Wildman–Crippen MR) is 69.7 cm³/mol. The van der Waals surface area contributed by atoms with Crippen LogP contribution in [-0.2, 0) is 0 Å². The van der Waals surface area contributed by atoms with Crippen molar-refractivity contribution in [3.8, 4) is 11.4 Å². The molecule has 2 heteroatoms. The van der Waals surface area contributed by atoms with E-state index in [0.29, 0.717) is 0 Å². The highest BCUT2D eigenvalue weighted by atomic mass is 14.9. The molecule has 0 aliphatic heterocycles. The number of aryl methyl sites for hydroxylation is 1. The van der Waals surface area contributed by atoms with E-state index in [1.165, 1.54) is 5.56 Å². The van der Waals surface area contributed by atoms with Gasteiger partial charge in [-0.3, -0.25) is 0 Å². The maximum Gasteiger partial charge on any atom is 0.159 e. The first-order chi connectivity index (χ1) is 8.34. The zero-order valence-corrected chi connectivity index (χ0v) is 9.59. The maximum atomic E-state index is 4.60. The van der Waals surface area contributed by atoms with Crippen LogP contribution in [0.4, 0.5) is 0 Å². The topological polar surface area (TPSA) is 25.8 Å². The molecule has 0 unspecified atom stereocenters. The van der Waals surface area contributed by atoms with E-state index in [0.717, 1.165) is 22.3 Å². The molecule has 2 nitrogen and oxygen atoms in total. The number of benzene rings is 2. The van der Waals surface area contributed by atoms with Crippen LogP contribution in [-0.4, -0.2) is 9.97 Å². The summed E-state index contributed by atoms with van der Waals surface area (Å²) in [5.41, 5.74) is 3.26. The Hall–Kier alpha value is -2.22. The van der Waals surface area contributed by atoms with Gasteiger partial charge in [0.25, 0.3) is 0 Å². The van der Waals surface area contributed by atoms with Crippen molar-refractivity contribution in [2.75, 3.05) is 0 Å². The van der Waals surface area contributed by atoms with Crippen LogP contribution in [0.15, 0.2) is 54.7 Å². The molecular weight excluding hydrogens is 208 g/mol. The van der Waals surface area contributed by atoms with Crippen LogP contribution in [0.1, 0.15) is 5.56 Å². The summed E-state index contributed by atoms with van der Waals surface area (Å²) in [6, 6.07) is 16.2. The molecule has 3 rings (SSSR count). The molecular formula is C15H12N2. The molecule has 0 aliphatic rings. The smallest absolute Gasteiger partial charge is 0.159 e. The van der Waals surface area contributed by atoms with Crippen molar-refractivity contribution in [3.63, 3.8) is 0 Å². The molecule has 1 heterocycles. The van der Waals surface area contributed by atoms with Gasteiger partial charge in [0.2, 0.25) is 0 Å². The van der Waals surface area contributed by atoms with Crippen LogP contribution in [0.2, 0.25) is 0 Å². The lowest BCUT2D eigenvalue weighted by Crippen LogP contribution is -1.90. The molecule has 0 radical (unpaired) electrons. The summed E-state index contributed by atoms with van der Waals surface area (Å²) in [7, 11) is 0. The lowest BCUT2D eigenvalue weighted by atomic mass is 10.1. The largest absolute Gasteiger partial charge is 0.236 e. The van der Waals surface area contributed by atoms with Crippen molar-refractivity contribution in [2.45, 2.75) is 6.92 Å². The average molecular weight is 220 g/mol. The van der Waals surface area contributed by atoms with Crippen molar-refractivity contribution >= 4 is 10.9 Å². The molecule has 3 aromatic rings. The standard InChI is InChI=1S/C15H12N2/c1-11-6-5-9-14-13(11)10-16-15(17-14)12-7-3-2-4-8-12/h2-10H,1H3. The SMILES string of the molecule is Cc1cccc2nc(-c3ccccc3)ncc12. The van der Waals surface area contributed by atoms with Crippen LogP contribution >= 0.6 is 0 Å². The zero-order chi connectivity index (χ0) is 11.7. The fraction of sp³-hybridized carbons (Fsp3) is 0.0667. The first kappa shape index (κ1) is 9.97. The van der Waals surface area contributed by atoms with E-state index in [-0.39, 0.29) is 0 Å². The number of hydrogen-bond donors (Lipinski definition) is 0. The second-order valence-corrected chi connectivity index (χ2v) is 4.07. The molecule has 0 N–H and O–H groups in total. The third-order valence-electron chi connectivity index (χ3n) is 2.88. The van der Waals surface area contributed by atoms with Gasteiger partial charge >= 0.3 is 0 Å². The first-order valence-corrected chi connectivity index (χ1v) is 5.62. The van der Waals surface area contributed by atoms with Gasteiger partial charge < -0.3 is 0 Å². The van der Waals surface area contributed by atoms with Crippen molar-refractivity contribution in [3.05, 3.63) is 60.3 Å². The van der Waals surface area contributed by atoms with Gasteiger partial charge in [-0.1, -0.05) is 42.5 Å². The molecule has 0 amide bonds.